The minimum atomic E-state index is -5.18. The Labute approximate surface area is 95.9 Å². The molecule has 0 heterocycles. The number of hydrogen-bond acceptors (Lipinski definition) is 2. The summed E-state index contributed by atoms with van der Waals surface area (Å²) in [4.78, 5) is 0. The highest BCUT2D eigenvalue weighted by Gasteiger charge is 2.35. The summed E-state index contributed by atoms with van der Waals surface area (Å²) >= 11 is 0. The van der Waals surface area contributed by atoms with Crippen LogP contribution in [0.25, 0.3) is 0 Å². The number of benzene rings is 1. The average Bonchev–Trinajstić information content (AvgIpc) is 2.07. The monoisotopic (exact) mass is 277 g/mol. The standard InChI is InChI=1S/C9H4F7O2/c1-4-6(17-8(11,12)13)2-5(10)3-7(4)18-9(14,15)16/h2-3H,1H2. The molecule has 0 saturated carbocycles. The van der Waals surface area contributed by atoms with Gasteiger partial charge in [-0.15, -0.1) is 26.3 Å². The lowest BCUT2D eigenvalue weighted by Gasteiger charge is -2.15. The normalized spacial score (nSPS) is 12.4. The van der Waals surface area contributed by atoms with Crippen molar-refractivity contribution in [3.8, 4) is 11.5 Å². The molecular formula is C9H4F7O2. The van der Waals surface area contributed by atoms with E-state index in [1.807, 2.05) is 0 Å². The summed E-state index contributed by atoms with van der Waals surface area (Å²) in [5.41, 5.74) is -0.869. The maximum absolute atomic E-state index is 12.8. The van der Waals surface area contributed by atoms with Crippen molar-refractivity contribution >= 4 is 0 Å². The Hall–Kier alpha value is -1.67. The van der Waals surface area contributed by atoms with Crippen LogP contribution in [0, 0.1) is 12.7 Å². The zero-order chi connectivity index (χ0) is 14.1. The third kappa shape index (κ3) is 4.30. The van der Waals surface area contributed by atoms with Gasteiger partial charge in [0.05, 0.1) is 0 Å². The summed E-state index contributed by atoms with van der Waals surface area (Å²) in [7, 11) is 0. The lowest BCUT2D eigenvalue weighted by molar-refractivity contribution is -0.276. The predicted molar refractivity (Wildman–Crippen MR) is 44.2 cm³/mol. The molecule has 0 aliphatic heterocycles. The van der Waals surface area contributed by atoms with Crippen LogP contribution < -0.4 is 9.47 Å². The summed E-state index contributed by atoms with van der Waals surface area (Å²) in [5, 5.41) is 0. The van der Waals surface area contributed by atoms with E-state index in [9.17, 15) is 30.7 Å². The van der Waals surface area contributed by atoms with Gasteiger partial charge in [0.2, 0.25) is 0 Å². The summed E-state index contributed by atoms with van der Waals surface area (Å²) < 4.78 is 90.8. The Morgan fingerprint density at radius 2 is 1.17 bits per heavy atom. The molecule has 1 radical (unpaired) electrons. The van der Waals surface area contributed by atoms with E-state index in [1.165, 1.54) is 0 Å². The largest absolute Gasteiger partial charge is 0.573 e. The minimum absolute atomic E-state index is 0.249. The number of halogens is 7. The first kappa shape index (κ1) is 14.4. The van der Waals surface area contributed by atoms with E-state index in [0.717, 1.165) is 0 Å². The highest BCUT2D eigenvalue weighted by Crippen LogP contribution is 2.35. The van der Waals surface area contributed by atoms with Crippen molar-refractivity contribution in [1.29, 1.82) is 0 Å². The molecule has 18 heavy (non-hydrogen) atoms. The van der Waals surface area contributed by atoms with Crippen LogP contribution in [0.5, 0.6) is 11.5 Å². The molecule has 0 bridgehead atoms. The molecule has 0 spiro atoms. The van der Waals surface area contributed by atoms with Gasteiger partial charge in [0.25, 0.3) is 0 Å². The predicted octanol–water partition coefficient (Wildman–Crippen LogP) is 3.81. The molecule has 0 fully saturated rings. The van der Waals surface area contributed by atoms with E-state index in [0.29, 0.717) is 0 Å². The second kappa shape index (κ2) is 4.54. The molecule has 0 unspecified atom stereocenters. The molecular weight excluding hydrogens is 273 g/mol. The molecule has 0 aromatic heterocycles. The van der Waals surface area contributed by atoms with Crippen molar-refractivity contribution in [2.45, 2.75) is 12.7 Å². The first-order chi connectivity index (χ1) is 7.98. The van der Waals surface area contributed by atoms with Gasteiger partial charge in [0, 0.05) is 17.7 Å². The smallest absolute Gasteiger partial charge is 0.405 e. The number of hydrogen-bond donors (Lipinski definition) is 0. The first-order valence-corrected chi connectivity index (χ1v) is 4.15. The van der Waals surface area contributed by atoms with E-state index in [-0.39, 0.29) is 12.1 Å². The van der Waals surface area contributed by atoms with Crippen molar-refractivity contribution in [2.24, 2.45) is 0 Å². The third-order valence-corrected chi connectivity index (χ3v) is 1.58. The van der Waals surface area contributed by atoms with Crippen LogP contribution in [-0.2, 0) is 0 Å². The summed E-state index contributed by atoms with van der Waals surface area (Å²) in [5.74, 6) is -3.80. The lowest BCUT2D eigenvalue weighted by Crippen LogP contribution is -2.20. The number of ether oxygens (including phenoxy) is 2. The van der Waals surface area contributed by atoms with Crippen LogP contribution >= 0.6 is 0 Å². The van der Waals surface area contributed by atoms with Gasteiger partial charge in [-0.3, -0.25) is 0 Å². The molecule has 0 saturated heterocycles. The van der Waals surface area contributed by atoms with E-state index < -0.39 is 35.6 Å². The fourth-order valence-electron chi connectivity index (χ4n) is 1.02. The van der Waals surface area contributed by atoms with E-state index >= 15 is 0 Å². The van der Waals surface area contributed by atoms with Gasteiger partial charge in [0.1, 0.15) is 17.3 Å². The van der Waals surface area contributed by atoms with Gasteiger partial charge in [-0.1, -0.05) is 0 Å². The zero-order valence-corrected chi connectivity index (χ0v) is 8.32. The Bertz CT molecular complexity index is 399. The van der Waals surface area contributed by atoms with Crippen LogP contribution in [0.3, 0.4) is 0 Å². The summed E-state index contributed by atoms with van der Waals surface area (Å²) in [6.07, 6.45) is -10.4. The van der Waals surface area contributed by atoms with Gasteiger partial charge >= 0.3 is 12.7 Å². The molecule has 0 aliphatic carbocycles. The molecule has 101 valence electrons. The van der Waals surface area contributed by atoms with Crippen LogP contribution in [0.4, 0.5) is 30.7 Å². The third-order valence-electron chi connectivity index (χ3n) is 1.58. The molecule has 0 atom stereocenters. The first-order valence-electron chi connectivity index (χ1n) is 4.15. The van der Waals surface area contributed by atoms with Crippen molar-refractivity contribution in [3.63, 3.8) is 0 Å². The number of rotatable bonds is 2. The Kier molecular flexibility index (Phi) is 3.63. The van der Waals surface area contributed by atoms with Gasteiger partial charge in [-0.25, -0.2) is 4.39 Å². The molecule has 9 heteroatoms. The molecule has 0 N–H and O–H groups in total. The van der Waals surface area contributed by atoms with Crippen LogP contribution in [0.1, 0.15) is 5.56 Å². The summed E-state index contributed by atoms with van der Waals surface area (Å²) in [6.45, 7) is 2.91. The van der Waals surface area contributed by atoms with Crippen molar-refractivity contribution in [2.75, 3.05) is 0 Å². The summed E-state index contributed by atoms with van der Waals surface area (Å²) in [6, 6.07) is 0.498. The van der Waals surface area contributed by atoms with Crippen molar-refractivity contribution in [1.82, 2.24) is 0 Å². The molecule has 1 aromatic rings. The lowest BCUT2D eigenvalue weighted by atomic mass is 10.2. The Morgan fingerprint density at radius 1 is 0.833 bits per heavy atom. The Balaban J connectivity index is 3.14. The molecule has 1 rings (SSSR count). The molecule has 2 nitrogen and oxygen atoms in total. The van der Waals surface area contributed by atoms with Crippen LogP contribution in [0.15, 0.2) is 12.1 Å². The highest BCUT2D eigenvalue weighted by molar-refractivity contribution is 5.47. The van der Waals surface area contributed by atoms with Gasteiger partial charge in [-0.05, 0) is 6.92 Å². The van der Waals surface area contributed by atoms with Crippen LogP contribution in [0.2, 0.25) is 0 Å². The highest BCUT2D eigenvalue weighted by atomic mass is 19.4. The van der Waals surface area contributed by atoms with Gasteiger partial charge in [0.15, 0.2) is 0 Å². The average molecular weight is 277 g/mol. The Morgan fingerprint density at radius 3 is 1.44 bits per heavy atom. The topological polar surface area (TPSA) is 18.5 Å². The van der Waals surface area contributed by atoms with E-state index in [4.69, 9.17) is 0 Å². The minimum Gasteiger partial charge on any atom is -0.405 e. The van der Waals surface area contributed by atoms with Crippen molar-refractivity contribution < 1.29 is 40.2 Å². The quantitative estimate of drug-likeness (QED) is 0.765. The second-order valence-electron chi connectivity index (χ2n) is 2.98. The van der Waals surface area contributed by atoms with E-state index in [2.05, 4.69) is 16.4 Å². The zero-order valence-electron chi connectivity index (χ0n) is 8.32. The van der Waals surface area contributed by atoms with E-state index in [1.54, 1.807) is 0 Å². The van der Waals surface area contributed by atoms with Gasteiger partial charge in [-0.2, -0.15) is 0 Å². The maximum atomic E-state index is 12.8. The molecule has 0 amide bonds. The second-order valence-corrected chi connectivity index (χ2v) is 2.98. The SMILES string of the molecule is [CH2]c1c(OC(F)(F)F)cc(F)cc1OC(F)(F)F. The van der Waals surface area contributed by atoms with Gasteiger partial charge < -0.3 is 9.47 Å². The molecule has 0 aliphatic rings. The molecule has 1 aromatic carbocycles. The maximum Gasteiger partial charge on any atom is 0.573 e. The fourth-order valence-corrected chi connectivity index (χ4v) is 1.02. The number of alkyl halides is 6. The van der Waals surface area contributed by atoms with Crippen molar-refractivity contribution in [3.05, 3.63) is 30.4 Å². The fraction of sp³-hybridized carbons (Fsp3) is 0.222. The van der Waals surface area contributed by atoms with Crippen LogP contribution in [-0.4, -0.2) is 12.7 Å².